The van der Waals surface area contributed by atoms with E-state index in [1.807, 2.05) is 21.1 Å². The van der Waals surface area contributed by atoms with Gasteiger partial charge in [-0.3, -0.25) is 18.6 Å². The highest BCUT2D eigenvalue weighted by Gasteiger charge is 2.27. The van der Waals surface area contributed by atoms with Gasteiger partial charge in [-0.1, -0.05) is 226 Å². The Kier molecular flexibility index (Phi) is 41.6. The summed E-state index contributed by atoms with van der Waals surface area (Å²) in [7, 11) is 1.50. The molecule has 0 aromatic rings. The Bertz CT molecular complexity index is 974. The topological polar surface area (TPSA) is 108 Å². The molecule has 0 amide bonds. The van der Waals surface area contributed by atoms with Crippen molar-refractivity contribution >= 4 is 19.8 Å². The first-order valence-electron chi connectivity index (χ1n) is 25.3. The molecule has 0 heterocycles. The van der Waals surface area contributed by atoms with Crippen LogP contribution in [-0.4, -0.2) is 74.9 Å². The van der Waals surface area contributed by atoms with Gasteiger partial charge in [0, 0.05) is 12.8 Å². The Hall–Kier alpha value is -0.990. The standard InChI is InChI=1S/C49H98NO8P/c1-6-8-10-12-14-16-18-20-22-23-24-25-26-28-30-32-34-36-38-40-42-49(52)58-47(46-57-59(53,54)56-44-43-50(3,4)5)45-55-48(51)41-39-37-35-33-31-29-27-21-19-17-15-13-11-9-7-2/h47H,6-46H2,1-5H3/p+1. The number of nitrogens with zero attached hydrogens (tertiary/aromatic N) is 1. The van der Waals surface area contributed by atoms with Crippen LogP contribution in [0, 0.1) is 0 Å². The maximum atomic E-state index is 12.7. The lowest BCUT2D eigenvalue weighted by Gasteiger charge is -2.24. The van der Waals surface area contributed by atoms with E-state index in [4.69, 9.17) is 18.5 Å². The van der Waals surface area contributed by atoms with Crippen molar-refractivity contribution in [3.8, 4) is 0 Å². The number of rotatable bonds is 47. The van der Waals surface area contributed by atoms with Crippen LogP contribution in [0.2, 0.25) is 0 Å². The van der Waals surface area contributed by atoms with Gasteiger partial charge in [-0.25, -0.2) is 4.57 Å². The van der Waals surface area contributed by atoms with Crippen molar-refractivity contribution in [2.75, 3.05) is 47.5 Å². The second-order valence-electron chi connectivity index (χ2n) is 18.6. The second-order valence-corrected chi connectivity index (χ2v) is 20.0. The average Bonchev–Trinajstić information content (AvgIpc) is 3.19. The lowest BCUT2D eigenvalue weighted by molar-refractivity contribution is -0.870. The Morgan fingerprint density at radius 1 is 0.458 bits per heavy atom. The first-order valence-corrected chi connectivity index (χ1v) is 26.8. The normalized spacial score (nSPS) is 13.4. The molecule has 352 valence electrons. The number of unbranched alkanes of at least 4 members (excludes halogenated alkanes) is 33. The fraction of sp³-hybridized carbons (Fsp3) is 0.959. The molecule has 9 nitrogen and oxygen atoms in total. The summed E-state index contributed by atoms with van der Waals surface area (Å²) in [5, 5.41) is 0. The minimum Gasteiger partial charge on any atom is -0.462 e. The Morgan fingerprint density at radius 2 is 0.763 bits per heavy atom. The van der Waals surface area contributed by atoms with E-state index >= 15 is 0 Å². The summed E-state index contributed by atoms with van der Waals surface area (Å²) in [4.78, 5) is 35.5. The number of carbonyl (C=O) groups excluding carboxylic acids is 2. The number of phosphoric acid groups is 1. The van der Waals surface area contributed by atoms with Crippen molar-refractivity contribution < 1.29 is 42.1 Å². The summed E-state index contributed by atoms with van der Waals surface area (Å²) < 4.78 is 34.4. The molecule has 0 bridgehead atoms. The van der Waals surface area contributed by atoms with Crippen LogP contribution < -0.4 is 0 Å². The number of ether oxygens (including phenoxy) is 2. The molecule has 0 saturated heterocycles. The molecule has 0 aliphatic heterocycles. The first-order chi connectivity index (χ1) is 28.5. The van der Waals surface area contributed by atoms with Gasteiger partial charge < -0.3 is 18.9 Å². The van der Waals surface area contributed by atoms with Crippen molar-refractivity contribution in [3.05, 3.63) is 0 Å². The van der Waals surface area contributed by atoms with E-state index in [2.05, 4.69) is 13.8 Å². The van der Waals surface area contributed by atoms with E-state index in [1.165, 1.54) is 186 Å². The summed E-state index contributed by atoms with van der Waals surface area (Å²) in [6.45, 7) is 4.48. The molecule has 0 radical (unpaired) electrons. The van der Waals surface area contributed by atoms with Gasteiger partial charge in [-0.15, -0.1) is 0 Å². The maximum Gasteiger partial charge on any atom is 0.472 e. The summed E-state index contributed by atoms with van der Waals surface area (Å²) in [5.74, 6) is -0.778. The lowest BCUT2D eigenvalue weighted by atomic mass is 10.0. The lowest BCUT2D eigenvalue weighted by Crippen LogP contribution is -2.37. The second kappa shape index (κ2) is 42.3. The molecule has 10 heteroatoms. The van der Waals surface area contributed by atoms with Crippen molar-refractivity contribution in [2.24, 2.45) is 0 Å². The summed E-state index contributed by atoms with van der Waals surface area (Å²) in [6, 6.07) is 0. The summed E-state index contributed by atoms with van der Waals surface area (Å²) in [5.41, 5.74) is 0. The quantitative estimate of drug-likeness (QED) is 0.0279. The number of likely N-dealkylation sites (N-methyl/N-ethyl adjacent to an activating group) is 1. The van der Waals surface area contributed by atoms with Crippen LogP contribution in [0.25, 0.3) is 0 Å². The molecule has 0 saturated carbocycles. The van der Waals surface area contributed by atoms with Crippen LogP contribution in [0.3, 0.4) is 0 Å². The average molecular weight is 861 g/mol. The Morgan fingerprint density at radius 3 is 1.08 bits per heavy atom. The predicted octanol–water partition coefficient (Wildman–Crippen LogP) is 14.8. The van der Waals surface area contributed by atoms with E-state index in [1.54, 1.807) is 0 Å². The SMILES string of the molecule is CCCCCCCCCCCCCCCCCCCCCCC(=O)OC(COC(=O)CCCCCCCCCCCCCCCCC)COP(=O)(O)OCC[N+](C)(C)C. The predicted molar refractivity (Wildman–Crippen MR) is 248 cm³/mol. The van der Waals surface area contributed by atoms with E-state index in [9.17, 15) is 19.0 Å². The van der Waals surface area contributed by atoms with E-state index in [0.717, 1.165) is 38.5 Å². The van der Waals surface area contributed by atoms with E-state index < -0.39 is 26.5 Å². The Balaban J connectivity index is 4.20. The van der Waals surface area contributed by atoms with E-state index in [-0.39, 0.29) is 25.6 Å². The zero-order chi connectivity index (χ0) is 43.6. The van der Waals surface area contributed by atoms with Gasteiger partial charge in [-0.2, -0.15) is 0 Å². The molecular formula is C49H99NO8P+. The fourth-order valence-corrected chi connectivity index (χ4v) is 8.17. The van der Waals surface area contributed by atoms with Crippen LogP contribution in [0.4, 0.5) is 0 Å². The molecule has 0 fully saturated rings. The Labute approximate surface area is 365 Å². The van der Waals surface area contributed by atoms with Crippen LogP contribution in [0.1, 0.15) is 251 Å². The van der Waals surface area contributed by atoms with Crippen molar-refractivity contribution in [1.82, 2.24) is 0 Å². The molecule has 0 aromatic carbocycles. The molecule has 59 heavy (non-hydrogen) atoms. The number of hydrogen-bond acceptors (Lipinski definition) is 7. The third-order valence-corrected chi connectivity index (χ3v) is 12.4. The number of hydrogen-bond donors (Lipinski definition) is 1. The molecule has 0 rings (SSSR count). The smallest absolute Gasteiger partial charge is 0.462 e. The molecule has 0 aliphatic rings. The fourth-order valence-electron chi connectivity index (χ4n) is 7.43. The molecule has 2 unspecified atom stereocenters. The van der Waals surface area contributed by atoms with Gasteiger partial charge in [0.2, 0.25) is 0 Å². The van der Waals surface area contributed by atoms with Crippen LogP contribution >= 0.6 is 7.82 Å². The van der Waals surface area contributed by atoms with Crippen LogP contribution in [0.15, 0.2) is 0 Å². The molecular weight excluding hydrogens is 762 g/mol. The van der Waals surface area contributed by atoms with E-state index in [0.29, 0.717) is 17.4 Å². The zero-order valence-corrected chi connectivity index (χ0v) is 40.7. The number of carbonyl (C=O) groups is 2. The van der Waals surface area contributed by atoms with Crippen molar-refractivity contribution in [3.63, 3.8) is 0 Å². The highest BCUT2D eigenvalue weighted by atomic mass is 31.2. The number of quaternary nitrogens is 1. The van der Waals surface area contributed by atoms with Crippen LogP contribution in [0.5, 0.6) is 0 Å². The summed E-state index contributed by atoms with van der Waals surface area (Å²) in [6.07, 6.45) is 44.3. The van der Waals surface area contributed by atoms with Crippen molar-refractivity contribution in [2.45, 2.75) is 258 Å². The van der Waals surface area contributed by atoms with Gasteiger partial charge in [0.15, 0.2) is 6.10 Å². The minimum atomic E-state index is -4.37. The number of esters is 2. The van der Waals surface area contributed by atoms with Gasteiger partial charge in [0.1, 0.15) is 19.8 Å². The minimum absolute atomic E-state index is 0.0371. The monoisotopic (exact) mass is 861 g/mol. The van der Waals surface area contributed by atoms with Gasteiger partial charge in [-0.05, 0) is 12.8 Å². The maximum absolute atomic E-state index is 12.7. The zero-order valence-electron chi connectivity index (χ0n) is 39.8. The largest absolute Gasteiger partial charge is 0.472 e. The first kappa shape index (κ1) is 58.0. The molecule has 0 spiro atoms. The third kappa shape index (κ3) is 46.3. The van der Waals surface area contributed by atoms with Gasteiger partial charge in [0.05, 0.1) is 27.7 Å². The summed E-state index contributed by atoms with van der Waals surface area (Å²) >= 11 is 0. The highest BCUT2D eigenvalue weighted by molar-refractivity contribution is 7.47. The molecule has 1 N–H and O–H groups in total. The molecule has 0 aliphatic carbocycles. The molecule has 2 atom stereocenters. The molecule has 0 aromatic heterocycles. The van der Waals surface area contributed by atoms with Crippen molar-refractivity contribution in [1.29, 1.82) is 0 Å². The number of phosphoric ester groups is 1. The highest BCUT2D eigenvalue weighted by Crippen LogP contribution is 2.43. The third-order valence-electron chi connectivity index (χ3n) is 11.4. The van der Waals surface area contributed by atoms with Gasteiger partial charge >= 0.3 is 19.8 Å². The van der Waals surface area contributed by atoms with Gasteiger partial charge in [0.25, 0.3) is 0 Å². The van der Waals surface area contributed by atoms with Crippen LogP contribution in [-0.2, 0) is 32.7 Å².